The molecule has 2 aliphatic rings. The van der Waals surface area contributed by atoms with Gasteiger partial charge in [-0.3, -0.25) is 4.79 Å². The Balaban J connectivity index is 1.42. The average molecular weight is 316 g/mol. The minimum atomic E-state index is -0.197. The van der Waals surface area contributed by atoms with E-state index in [0.29, 0.717) is 19.8 Å². The first kappa shape index (κ1) is 16.5. The second-order valence-electron chi connectivity index (χ2n) is 6.70. The lowest BCUT2D eigenvalue weighted by Gasteiger charge is -2.23. The van der Waals surface area contributed by atoms with E-state index in [0.717, 1.165) is 18.9 Å². The van der Waals surface area contributed by atoms with Gasteiger partial charge in [0.05, 0.1) is 13.2 Å². The minimum Gasteiger partial charge on any atom is -0.378 e. The molecule has 1 aromatic carbocycles. The summed E-state index contributed by atoms with van der Waals surface area (Å²) < 4.78 is 5.32. The first-order valence-corrected chi connectivity index (χ1v) is 9.00. The fourth-order valence-corrected chi connectivity index (χ4v) is 3.58. The highest BCUT2D eigenvalue weighted by molar-refractivity contribution is 5.81. The summed E-state index contributed by atoms with van der Waals surface area (Å²) in [4.78, 5) is 12.0. The molecule has 0 spiro atoms. The van der Waals surface area contributed by atoms with E-state index < -0.39 is 0 Å². The van der Waals surface area contributed by atoms with Crippen molar-refractivity contribution < 1.29 is 9.53 Å². The van der Waals surface area contributed by atoms with Gasteiger partial charge in [0, 0.05) is 13.1 Å². The summed E-state index contributed by atoms with van der Waals surface area (Å²) in [5, 5.41) is 6.17. The highest BCUT2D eigenvalue weighted by atomic mass is 16.5. The van der Waals surface area contributed by atoms with Gasteiger partial charge in [0.2, 0.25) is 5.91 Å². The van der Waals surface area contributed by atoms with Crippen LogP contribution in [0, 0.1) is 0 Å². The Labute approximate surface area is 139 Å². The number of ether oxygens (including phenoxy) is 1. The summed E-state index contributed by atoms with van der Waals surface area (Å²) in [5.41, 5.74) is 2.78. The molecule has 1 aliphatic heterocycles. The second kappa shape index (κ2) is 8.46. The second-order valence-corrected chi connectivity index (χ2v) is 6.70. The molecule has 1 aromatic rings. The molecule has 1 heterocycles. The Kier molecular flexibility index (Phi) is 6.06. The summed E-state index contributed by atoms with van der Waals surface area (Å²) in [6.45, 7) is 2.60. The van der Waals surface area contributed by atoms with Crippen molar-refractivity contribution in [1.29, 1.82) is 0 Å². The Morgan fingerprint density at radius 3 is 2.65 bits per heavy atom. The zero-order valence-electron chi connectivity index (χ0n) is 13.9. The van der Waals surface area contributed by atoms with E-state index in [2.05, 4.69) is 34.9 Å². The molecule has 1 saturated heterocycles. The van der Waals surface area contributed by atoms with Gasteiger partial charge in [-0.1, -0.05) is 43.5 Å². The molecule has 2 N–H and O–H groups in total. The van der Waals surface area contributed by atoms with Gasteiger partial charge in [0.1, 0.15) is 6.04 Å². The predicted molar refractivity (Wildman–Crippen MR) is 91.6 cm³/mol. The van der Waals surface area contributed by atoms with Crippen LogP contribution in [0.5, 0.6) is 0 Å². The largest absolute Gasteiger partial charge is 0.378 e. The third-order valence-electron chi connectivity index (χ3n) is 5.01. The number of amides is 1. The molecule has 1 saturated carbocycles. The third kappa shape index (κ3) is 4.79. The third-order valence-corrected chi connectivity index (χ3v) is 5.01. The lowest BCUT2D eigenvalue weighted by atomic mass is 9.84. The van der Waals surface area contributed by atoms with E-state index in [9.17, 15) is 4.79 Å². The van der Waals surface area contributed by atoms with Gasteiger partial charge in [-0.15, -0.1) is 0 Å². The van der Waals surface area contributed by atoms with Gasteiger partial charge in [0.25, 0.3) is 0 Å². The molecule has 23 heavy (non-hydrogen) atoms. The Hall–Kier alpha value is -1.39. The quantitative estimate of drug-likeness (QED) is 0.877. The van der Waals surface area contributed by atoms with Crippen LogP contribution in [0.4, 0.5) is 0 Å². The van der Waals surface area contributed by atoms with Crippen LogP contribution in [0.15, 0.2) is 24.3 Å². The lowest BCUT2D eigenvalue weighted by molar-refractivity contribution is -0.125. The lowest BCUT2D eigenvalue weighted by Crippen LogP contribution is -2.51. The smallest absolute Gasteiger partial charge is 0.239 e. The van der Waals surface area contributed by atoms with E-state index in [1.807, 2.05) is 0 Å². The van der Waals surface area contributed by atoms with Gasteiger partial charge in [-0.25, -0.2) is 0 Å². The van der Waals surface area contributed by atoms with E-state index in [4.69, 9.17) is 4.74 Å². The first-order chi connectivity index (χ1) is 11.3. The molecule has 0 bridgehead atoms. The number of rotatable bonds is 5. The van der Waals surface area contributed by atoms with Crippen molar-refractivity contribution in [1.82, 2.24) is 10.6 Å². The van der Waals surface area contributed by atoms with Crippen molar-refractivity contribution in [3.63, 3.8) is 0 Å². The van der Waals surface area contributed by atoms with Crippen molar-refractivity contribution in [2.24, 2.45) is 0 Å². The van der Waals surface area contributed by atoms with Crippen molar-refractivity contribution in [3.05, 3.63) is 35.4 Å². The van der Waals surface area contributed by atoms with Crippen LogP contribution >= 0.6 is 0 Å². The van der Waals surface area contributed by atoms with Crippen molar-refractivity contribution >= 4 is 5.91 Å². The number of nitrogens with one attached hydrogen (secondary N) is 2. The zero-order valence-corrected chi connectivity index (χ0v) is 13.9. The monoisotopic (exact) mass is 316 g/mol. The molecule has 0 aromatic heterocycles. The highest BCUT2D eigenvalue weighted by Gasteiger charge is 2.20. The number of hydrogen-bond donors (Lipinski definition) is 2. The van der Waals surface area contributed by atoms with Crippen LogP contribution in [-0.4, -0.2) is 38.3 Å². The number of morpholine rings is 1. The van der Waals surface area contributed by atoms with Crippen molar-refractivity contribution in [2.45, 2.75) is 50.5 Å². The van der Waals surface area contributed by atoms with Crippen molar-refractivity contribution in [2.75, 3.05) is 26.3 Å². The molecule has 126 valence electrons. The molecule has 1 amide bonds. The van der Waals surface area contributed by atoms with Crippen LogP contribution in [0.25, 0.3) is 0 Å². The number of hydrogen-bond acceptors (Lipinski definition) is 3. The molecular formula is C19H28N2O2. The molecule has 4 heteroatoms. The first-order valence-electron chi connectivity index (χ1n) is 9.00. The Bertz CT molecular complexity index is 489. The molecular weight excluding hydrogens is 288 g/mol. The summed E-state index contributed by atoms with van der Waals surface area (Å²) in [7, 11) is 0. The summed E-state index contributed by atoms with van der Waals surface area (Å²) >= 11 is 0. The van der Waals surface area contributed by atoms with Crippen LogP contribution in [-0.2, 0) is 16.0 Å². The number of carbonyl (C=O) groups excluding carboxylic acids is 1. The summed E-state index contributed by atoms with van der Waals surface area (Å²) in [6, 6.07) is 8.81. The Morgan fingerprint density at radius 2 is 1.96 bits per heavy atom. The fourth-order valence-electron chi connectivity index (χ4n) is 3.58. The minimum absolute atomic E-state index is 0.0449. The maximum atomic E-state index is 12.0. The van der Waals surface area contributed by atoms with Crippen LogP contribution in [0.1, 0.15) is 49.1 Å². The molecule has 3 rings (SSSR count). The van der Waals surface area contributed by atoms with Crippen LogP contribution in [0.3, 0.4) is 0 Å². The standard InChI is InChI=1S/C19H28N2O2/c22-19(18-14-23-13-12-20-18)21-11-10-15-6-8-17(9-7-15)16-4-2-1-3-5-16/h6-9,16,18,20H,1-5,10-14H2,(H,21,22)/t18-/m1/s1. The fraction of sp³-hybridized carbons (Fsp3) is 0.632. The maximum Gasteiger partial charge on any atom is 0.239 e. The summed E-state index contributed by atoms with van der Waals surface area (Å²) in [5.74, 6) is 0.804. The van der Waals surface area contributed by atoms with E-state index in [1.54, 1.807) is 0 Å². The van der Waals surface area contributed by atoms with Gasteiger partial charge < -0.3 is 15.4 Å². The number of carbonyl (C=O) groups is 1. The molecule has 2 fully saturated rings. The van der Waals surface area contributed by atoms with Crippen LogP contribution < -0.4 is 10.6 Å². The normalized spacial score (nSPS) is 22.7. The van der Waals surface area contributed by atoms with E-state index in [1.165, 1.54) is 43.2 Å². The number of benzene rings is 1. The zero-order chi connectivity index (χ0) is 15.9. The van der Waals surface area contributed by atoms with Gasteiger partial charge in [0.15, 0.2) is 0 Å². The molecule has 4 nitrogen and oxygen atoms in total. The summed E-state index contributed by atoms with van der Waals surface area (Å²) in [6.07, 6.45) is 7.70. The molecule has 0 radical (unpaired) electrons. The average Bonchev–Trinajstić information content (AvgIpc) is 2.64. The molecule has 1 aliphatic carbocycles. The topological polar surface area (TPSA) is 50.4 Å². The van der Waals surface area contributed by atoms with Gasteiger partial charge in [-0.2, -0.15) is 0 Å². The predicted octanol–water partition coefficient (Wildman–Crippen LogP) is 2.38. The van der Waals surface area contributed by atoms with E-state index in [-0.39, 0.29) is 11.9 Å². The SMILES string of the molecule is O=C(NCCc1ccc(C2CCCCC2)cc1)[C@H]1COCCN1. The molecule has 0 unspecified atom stereocenters. The van der Waals surface area contributed by atoms with Crippen LogP contribution in [0.2, 0.25) is 0 Å². The molecule has 1 atom stereocenters. The van der Waals surface area contributed by atoms with Gasteiger partial charge >= 0.3 is 0 Å². The Morgan fingerprint density at radius 1 is 1.17 bits per heavy atom. The van der Waals surface area contributed by atoms with Crippen molar-refractivity contribution in [3.8, 4) is 0 Å². The maximum absolute atomic E-state index is 12.0. The van der Waals surface area contributed by atoms with Gasteiger partial charge in [-0.05, 0) is 36.3 Å². The highest BCUT2D eigenvalue weighted by Crippen LogP contribution is 2.32. The van der Waals surface area contributed by atoms with E-state index >= 15 is 0 Å².